The van der Waals surface area contributed by atoms with Crippen molar-refractivity contribution in [3.8, 4) is 6.07 Å². The second kappa shape index (κ2) is 5.15. The van der Waals surface area contributed by atoms with Gasteiger partial charge in [-0.25, -0.2) is 0 Å². The third-order valence-corrected chi connectivity index (χ3v) is 2.40. The van der Waals surface area contributed by atoms with Crippen LogP contribution in [0.1, 0.15) is 15.9 Å². The minimum atomic E-state index is -1.04. The molecule has 9 heteroatoms. The van der Waals surface area contributed by atoms with E-state index in [9.17, 15) is 19.3 Å². The zero-order valence-electron chi connectivity index (χ0n) is 9.75. The minimum Gasteiger partial charge on any atom is -0.306 e. The number of hydrogen-bond acceptors (Lipinski definition) is 5. The summed E-state index contributed by atoms with van der Waals surface area (Å²) in [6.07, 6.45) is 1.21. The molecule has 0 aliphatic carbocycles. The van der Waals surface area contributed by atoms with Crippen LogP contribution >= 0.6 is 0 Å². The van der Waals surface area contributed by atoms with Crippen LogP contribution in [0.25, 0.3) is 0 Å². The maximum Gasteiger partial charge on any atom is 0.305 e. The van der Waals surface area contributed by atoms with Crippen LogP contribution in [-0.2, 0) is 0 Å². The Labute approximate surface area is 111 Å². The van der Waals surface area contributed by atoms with Crippen LogP contribution in [0.4, 0.5) is 15.9 Å². The zero-order valence-corrected chi connectivity index (χ0v) is 9.75. The number of halogens is 1. The summed E-state index contributed by atoms with van der Waals surface area (Å²) in [5.41, 5.74) is -0.811. The molecule has 0 aliphatic heterocycles. The first-order valence-corrected chi connectivity index (χ1v) is 5.21. The highest BCUT2D eigenvalue weighted by Gasteiger charge is 2.18. The highest BCUT2D eigenvalue weighted by Crippen LogP contribution is 2.19. The highest BCUT2D eigenvalue weighted by atomic mass is 19.1. The molecular weight excluding hydrogens is 269 g/mol. The van der Waals surface area contributed by atoms with Gasteiger partial charge in [-0.05, 0) is 12.1 Å². The van der Waals surface area contributed by atoms with Gasteiger partial charge in [0.1, 0.15) is 17.5 Å². The Bertz CT molecular complexity index is 734. The molecule has 2 rings (SSSR count). The summed E-state index contributed by atoms with van der Waals surface area (Å²) in [5, 5.41) is 27.6. The molecule has 20 heavy (non-hydrogen) atoms. The number of anilines is 1. The summed E-state index contributed by atoms with van der Waals surface area (Å²) in [7, 11) is 0. The molecule has 1 aromatic carbocycles. The highest BCUT2D eigenvalue weighted by molar-refractivity contribution is 6.04. The van der Waals surface area contributed by atoms with Crippen molar-refractivity contribution >= 4 is 17.4 Å². The third kappa shape index (κ3) is 2.44. The van der Waals surface area contributed by atoms with E-state index in [0.29, 0.717) is 0 Å². The number of amides is 1. The van der Waals surface area contributed by atoms with Crippen molar-refractivity contribution in [3.63, 3.8) is 0 Å². The maximum absolute atomic E-state index is 13.1. The average Bonchev–Trinajstić information content (AvgIpc) is 2.86. The molecule has 0 radical (unpaired) electrons. The number of rotatable bonds is 3. The quantitative estimate of drug-likeness (QED) is 0.649. The number of nitriles is 1. The van der Waals surface area contributed by atoms with Crippen molar-refractivity contribution in [3.05, 3.63) is 51.5 Å². The van der Waals surface area contributed by atoms with Crippen LogP contribution in [0.3, 0.4) is 0 Å². The molecule has 0 bridgehead atoms. The van der Waals surface area contributed by atoms with Crippen LogP contribution < -0.4 is 5.32 Å². The zero-order chi connectivity index (χ0) is 14.7. The third-order valence-electron chi connectivity index (χ3n) is 2.40. The second-order valence-electron chi connectivity index (χ2n) is 3.65. The number of benzene rings is 1. The van der Waals surface area contributed by atoms with Gasteiger partial charge in [0.2, 0.25) is 5.82 Å². The average molecular weight is 275 g/mol. The van der Waals surface area contributed by atoms with Crippen molar-refractivity contribution in [1.82, 2.24) is 10.2 Å². The van der Waals surface area contributed by atoms with E-state index in [0.717, 1.165) is 18.2 Å². The van der Waals surface area contributed by atoms with E-state index < -0.39 is 22.3 Å². The fourth-order valence-corrected chi connectivity index (χ4v) is 1.45. The van der Waals surface area contributed by atoms with Gasteiger partial charge in [-0.1, -0.05) is 0 Å². The lowest BCUT2D eigenvalue weighted by Gasteiger charge is -2.03. The Balaban J connectivity index is 2.29. The topological polar surface area (TPSA) is 125 Å². The lowest BCUT2D eigenvalue weighted by molar-refractivity contribution is -0.387. The van der Waals surface area contributed by atoms with E-state index in [1.165, 1.54) is 6.20 Å². The smallest absolute Gasteiger partial charge is 0.305 e. The molecule has 1 aromatic heterocycles. The van der Waals surface area contributed by atoms with Gasteiger partial charge >= 0.3 is 5.69 Å². The predicted molar refractivity (Wildman–Crippen MR) is 64.3 cm³/mol. The molecular formula is C11H6FN5O3. The van der Waals surface area contributed by atoms with Gasteiger partial charge in [-0.3, -0.25) is 20.0 Å². The van der Waals surface area contributed by atoms with Gasteiger partial charge in [0.25, 0.3) is 5.91 Å². The van der Waals surface area contributed by atoms with Crippen LogP contribution in [-0.4, -0.2) is 21.0 Å². The van der Waals surface area contributed by atoms with Gasteiger partial charge in [-0.15, -0.1) is 0 Å². The Morgan fingerprint density at radius 1 is 1.55 bits per heavy atom. The molecule has 2 N–H and O–H groups in total. The molecule has 0 aliphatic rings. The summed E-state index contributed by atoms with van der Waals surface area (Å²) in [6.45, 7) is 0. The van der Waals surface area contributed by atoms with E-state index in [1.807, 2.05) is 0 Å². The molecule has 1 amide bonds. The number of nitro groups is 1. The van der Waals surface area contributed by atoms with Crippen molar-refractivity contribution in [1.29, 1.82) is 5.26 Å². The van der Waals surface area contributed by atoms with Gasteiger partial charge in [0.05, 0.1) is 11.1 Å². The first kappa shape index (κ1) is 13.2. The number of H-pyrrole nitrogens is 1. The lowest BCUT2D eigenvalue weighted by atomic mass is 10.2. The van der Waals surface area contributed by atoms with Gasteiger partial charge in [-0.2, -0.15) is 14.8 Å². The molecule has 0 spiro atoms. The number of aromatic nitrogens is 2. The molecule has 100 valence electrons. The van der Waals surface area contributed by atoms with E-state index in [-0.39, 0.29) is 16.9 Å². The number of nitrogens with zero attached hydrogens (tertiary/aromatic N) is 3. The molecule has 0 fully saturated rings. The molecule has 0 saturated heterocycles. The Kier molecular flexibility index (Phi) is 3.39. The summed E-state index contributed by atoms with van der Waals surface area (Å²) >= 11 is 0. The molecule has 2 aromatic rings. The minimum absolute atomic E-state index is 0.0597. The number of nitro benzene ring substituents is 1. The number of nitrogens with one attached hydrogen (secondary N) is 2. The lowest BCUT2D eigenvalue weighted by Crippen LogP contribution is -2.13. The van der Waals surface area contributed by atoms with Crippen molar-refractivity contribution in [2.24, 2.45) is 0 Å². The van der Waals surface area contributed by atoms with E-state index >= 15 is 0 Å². The molecule has 0 saturated carbocycles. The SMILES string of the molecule is N#Cc1cn[nH]c1NC(=O)c1ccc(F)c([N+](=O)[O-])c1. The molecule has 1 heterocycles. The van der Waals surface area contributed by atoms with Crippen molar-refractivity contribution in [2.45, 2.75) is 0 Å². The Hall–Kier alpha value is -3.28. The maximum atomic E-state index is 13.1. The monoisotopic (exact) mass is 275 g/mol. The summed E-state index contributed by atoms with van der Waals surface area (Å²) < 4.78 is 13.1. The predicted octanol–water partition coefficient (Wildman–Crippen LogP) is 1.58. The Morgan fingerprint density at radius 3 is 2.95 bits per heavy atom. The van der Waals surface area contributed by atoms with Gasteiger partial charge < -0.3 is 5.32 Å². The fourth-order valence-electron chi connectivity index (χ4n) is 1.45. The largest absolute Gasteiger partial charge is 0.306 e. The fraction of sp³-hybridized carbons (Fsp3) is 0. The second-order valence-corrected chi connectivity index (χ2v) is 3.65. The summed E-state index contributed by atoms with van der Waals surface area (Å²) in [5.74, 6) is -1.70. The van der Waals surface area contributed by atoms with Gasteiger partial charge in [0.15, 0.2) is 0 Å². The molecule has 8 nitrogen and oxygen atoms in total. The number of aromatic amines is 1. The summed E-state index contributed by atoms with van der Waals surface area (Å²) in [4.78, 5) is 21.5. The van der Waals surface area contributed by atoms with Crippen LogP contribution in [0.2, 0.25) is 0 Å². The van der Waals surface area contributed by atoms with Crippen LogP contribution in [0.5, 0.6) is 0 Å². The molecule has 0 atom stereocenters. The van der Waals surface area contributed by atoms with E-state index in [1.54, 1.807) is 6.07 Å². The van der Waals surface area contributed by atoms with Crippen molar-refractivity contribution in [2.75, 3.05) is 5.32 Å². The first-order valence-electron chi connectivity index (χ1n) is 5.21. The Morgan fingerprint density at radius 2 is 2.30 bits per heavy atom. The normalized spacial score (nSPS) is 9.80. The standard InChI is InChI=1S/C11H6FN5O3/c12-8-2-1-6(3-9(8)17(19)20)11(18)15-10-7(4-13)5-14-16-10/h1-3,5H,(H2,14,15,16,18). The first-order chi connectivity index (χ1) is 9.52. The van der Waals surface area contributed by atoms with Crippen LogP contribution in [0.15, 0.2) is 24.4 Å². The number of hydrogen-bond donors (Lipinski definition) is 2. The van der Waals surface area contributed by atoms with E-state index in [4.69, 9.17) is 5.26 Å². The number of carbonyl (C=O) groups excluding carboxylic acids is 1. The van der Waals surface area contributed by atoms with Crippen LogP contribution in [0, 0.1) is 27.3 Å². The van der Waals surface area contributed by atoms with Crippen molar-refractivity contribution < 1.29 is 14.1 Å². The molecule has 0 unspecified atom stereocenters. The number of carbonyl (C=O) groups is 1. The van der Waals surface area contributed by atoms with E-state index in [2.05, 4.69) is 15.5 Å². The summed E-state index contributed by atoms with van der Waals surface area (Å²) in [6, 6.07) is 4.53. The van der Waals surface area contributed by atoms with Gasteiger partial charge in [0, 0.05) is 11.6 Å².